The third-order valence-corrected chi connectivity index (χ3v) is 2.85. The van der Waals surface area contributed by atoms with Gasteiger partial charge in [-0.15, -0.1) is 0 Å². The van der Waals surface area contributed by atoms with E-state index < -0.39 is 16.1 Å². The Hall–Kier alpha value is -1.31. The van der Waals surface area contributed by atoms with E-state index in [9.17, 15) is 13.2 Å². The summed E-state index contributed by atoms with van der Waals surface area (Å²) in [6.07, 6.45) is 1.02. The molecule has 6 nitrogen and oxygen atoms in total. The lowest BCUT2D eigenvalue weighted by Crippen LogP contribution is -2.32. The Bertz CT molecular complexity index is 557. The van der Waals surface area contributed by atoms with Crippen LogP contribution in [-0.4, -0.2) is 26.6 Å². The molecule has 0 bridgehead atoms. The van der Waals surface area contributed by atoms with Crippen molar-refractivity contribution in [1.82, 2.24) is 0 Å². The number of benzene rings is 1. The molecule has 0 unspecified atom stereocenters. The van der Waals surface area contributed by atoms with Gasteiger partial charge < -0.3 is 11.1 Å². The van der Waals surface area contributed by atoms with Gasteiger partial charge in [-0.1, -0.05) is 11.6 Å². The first-order valence-corrected chi connectivity index (χ1v) is 7.30. The van der Waals surface area contributed by atoms with E-state index in [0.29, 0.717) is 5.69 Å². The molecular formula is C10H14ClN3O3S. The van der Waals surface area contributed by atoms with Gasteiger partial charge in [-0.25, -0.2) is 8.42 Å². The maximum absolute atomic E-state index is 11.3. The van der Waals surface area contributed by atoms with Crippen LogP contribution < -0.4 is 15.8 Å². The first kappa shape index (κ1) is 14.7. The van der Waals surface area contributed by atoms with Gasteiger partial charge in [0.05, 0.1) is 23.0 Å². The van der Waals surface area contributed by atoms with Crippen molar-refractivity contribution in [2.75, 3.05) is 16.3 Å². The van der Waals surface area contributed by atoms with Crippen molar-refractivity contribution in [2.45, 2.75) is 13.0 Å². The highest BCUT2D eigenvalue weighted by atomic mass is 35.5. The zero-order chi connectivity index (χ0) is 13.9. The van der Waals surface area contributed by atoms with Crippen molar-refractivity contribution in [3.05, 3.63) is 23.2 Å². The van der Waals surface area contributed by atoms with Gasteiger partial charge in [0.1, 0.15) is 0 Å². The fraction of sp³-hybridized carbons (Fsp3) is 0.300. The number of nitrogens with two attached hydrogens (primary N) is 1. The normalized spacial score (nSPS) is 12.9. The van der Waals surface area contributed by atoms with Gasteiger partial charge in [0, 0.05) is 5.69 Å². The molecule has 0 radical (unpaired) electrons. The van der Waals surface area contributed by atoms with E-state index in [1.54, 1.807) is 6.92 Å². The topological polar surface area (TPSA) is 101 Å². The Labute approximate surface area is 111 Å². The summed E-state index contributed by atoms with van der Waals surface area (Å²) in [5, 5.41) is 2.73. The number of carbonyl (C=O) groups is 1. The molecule has 0 heterocycles. The minimum Gasteiger partial charge on any atom is -0.325 e. The highest BCUT2D eigenvalue weighted by Crippen LogP contribution is 2.26. The number of carbonyl (C=O) groups excluding carboxylic acids is 1. The fourth-order valence-corrected chi connectivity index (χ4v) is 1.99. The van der Waals surface area contributed by atoms with Crippen LogP contribution in [0.1, 0.15) is 6.92 Å². The SMILES string of the molecule is C[C@@H](N)C(=O)Nc1ccc(NS(C)(=O)=O)c(Cl)c1. The molecule has 0 aliphatic rings. The number of rotatable bonds is 4. The Morgan fingerprint density at radius 1 is 1.44 bits per heavy atom. The molecule has 0 spiro atoms. The van der Waals surface area contributed by atoms with Crippen molar-refractivity contribution in [2.24, 2.45) is 5.73 Å². The molecule has 0 aliphatic carbocycles. The first-order valence-electron chi connectivity index (χ1n) is 5.03. The van der Waals surface area contributed by atoms with E-state index in [0.717, 1.165) is 6.26 Å². The van der Waals surface area contributed by atoms with Gasteiger partial charge in [-0.05, 0) is 25.1 Å². The van der Waals surface area contributed by atoms with E-state index in [-0.39, 0.29) is 16.6 Å². The summed E-state index contributed by atoms with van der Waals surface area (Å²) in [5.74, 6) is -0.352. The number of amides is 1. The molecule has 0 fully saturated rings. The van der Waals surface area contributed by atoms with Crippen LogP contribution in [0, 0.1) is 0 Å². The van der Waals surface area contributed by atoms with Crippen LogP contribution in [0.15, 0.2) is 18.2 Å². The van der Waals surface area contributed by atoms with E-state index in [1.807, 2.05) is 0 Å². The van der Waals surface area contributed by atoms with Gasteiger partial charge in [-0.3, -0.25) is 9.52 Å². The number of halogens is 1. The zero-order valence-corrected chi connectivity index (χ0v) is 11.5. The smallest absolute Gasteiger partial charge is 0.240 e. The molecule has 4 N–H and O–H groups in total. The zero-order valence-electron chi connectivity index (χ0n) is 9.90. The number of sulfonamides is 1. The average molecular weight is 292 g/mol. The van der Waals surface area contributed by atoms with Crippen LogP contribution >= 0.6 is 11.6 Å². The van der Waals surface area contributed by atoms with Crippen molar-refractivity contribution < 1.29 is 13.2 Å². The third-order valence-electron chi connectivity index (χ3n) is 1.95. The molecule has 18 heavy (non-hydrogen) atoms. The van der Waals surface area contributed by atoms with Crippen LogP contribution in [0.4, 0.5) is 11.4 Å². The highest BCUT2D eigenvalue weighted by molar-refractivity contribution is 7.92. The van der Waals surface area contributed by atoms with Crippen molar-refractivity contribution in [3.8, 4) is 0 Å². The monoisotopic (exact) mass is 291 g/mol. The Balaban J connectivity index is 2.89. The van der Waals surface area contributed by atoms with E-state index in [1.165, 1.54) is 18.2 Å². The molecule has 1 amide bonds. The molecule has 0 aromatic heterocycles. The standard InChI is InChI=1S/C10H14ClN3O3S/c1-6(12)10(15)13-7-3-4-9(8(11)5-7)14-18(2,16)17/h3-6,14H,12H2,1-2H3,(H,13,15)/t6-/m1/s1. The van der Waals surface area contributed by atoms with Gasteiger partial charge in [0.15, 0.2) is 0 Å². The van der Waals surface area contributed by atoms with E-state index >= 15 is 0 Å². The summed E-state index contributed by atoms with van der Waals surface area (Å²) in [4.78, 5) is 11.3. The predicted molar refractivity (Wildman–Crippen MR) is 72.2 cm³/mol. The van der Waals surface area contributed by atoms with Crippen LogP contribution in [0.3, 0.4) is 0 Å². The van der Waals surface area contributed by atoms with Crippen molar-refractivity contribution >= 4 is 38.9 Å². The van der Waals surface area contributed by atoms with Gasteiger partial charge in [-0.2, -0.15) is 0 Å². The molecule has 1 aromatic carbocycles. The number of anilines is 2. The second-order valence-corrected chi connectivity index (χ2v) is 6.00. The Morgan fingerprint density at radius 3 is 2.50 bits per heavy atom. The van der Waals surface area contributed by atoms with Crippen molar-refractivity contribution in [1.29, 1.82) is 0 Å². The molecule has 0 aliphatic heterocycles. The minimum atomic E-state index is -3.39. The number of hydrogen-bond donors (Lipinski definition) is 3. The lowest BCUT2D eigenvalue weighted by molar-refractivity contribution is -0.117. The Kier molecular flexibility index (Phi) is 4.55. The van der Waals surface area contributed by atoms with Crippen molar-refractivity contribution in [3.63, 3.8) is 0 Å². The highest BCUT2D eigenvalue weighted by Gasteiger charge is 2.10. The summed E-state index contributed by atoms with van der Waals surface area (Å²) in [7, 11) is -3.39. The van der Waals surface area contributed by atoms with Crippen LogP contribution in [-0.2, 0) is 14.8 Å². The molecule has 0 saturated heterocycles. The summed E-state index contributed by atoms with van der Waals surface area (Å²) in [6, 6.07) is 3.78. The summed E-state index contributed by atoms with van der Waals surface area (Å²) in [5.41, 5.74) is 6.09. The lowest BCUT2D eigenvalue weighted by Gasteiger charge is -2.10. The second-order valence-electron chi connectivity index (χ2n) is 3.85. The molecular weight excluding hydrogens is 278 g/mol. The predicted octanol–water partition coefficient (Wildman–Crippen LogP) is 0.997. The first-order chi connectivity index (χ1) is 8.19. The van der Waals surface area contributed by atoms with Gasteiger partial charge >= 0.3 is 0 Å². The Morgan fingerprint density at radius 2 is 2.06 bits per heavy atom. The molecule has 100 valence electrons. The number of nitrogens with one attached hydrogen (secondary N) is 2. The lowest BCUT2D eigenvalue weighted by atomic mass is 10.2. The molecule has 1 aromatic rings. The summed E-state index contributed by atoms with van der Waals surface area (Å²) < 4.78 is 24.4. The largest absolute Gasteiger partial charge is 0.325 e. The summed E-state index contributed by atoms with van der Waals surface area (Å²) >= 11 is 5.89. The third kappa shape index (κ3) is 4.52. The second kappa shape index (κ2) is 5.55. The molecule has 0 saturated carbocycles. The van der Waals surface area contributed by atoms with Gasteiger partial charge in [0.2, 0.25) is 15.9 Å². The average Bonchev–Trinajstić information content (AvgIpc) is 2.20. The summed E-state index contributed by atoms with van der Waals surface area (Å²) in [6.45, 7) is 1.55. The van der Waals surface area contributed by atoms with Crippen LogP contribution in [0.2, 0.25) is 5.02 Å². The maximum Gasteiger partial charge on any atom is 0.240 e. The minimum absolute atomic E-state index is 0.183. The number of hydrogen-bond acceptors (Lipinski definition) is 4. The van der Waals surface area contributed by atoms with Gasteiger partial charge in [0.25, 0.3) is 0 Å². The maximum atomic E-state index is 11.3. The molecule has 1 rings (SSSR count). The van der Waals surface area contributed by atoms with Crippen LogP contribution in [0.5, 0.6) is 0 Å². The van der Waals surface area contributed by atoms with E-state index in [4.69, 9.17) is 17.3 Å². The van der Waals surface area contributed by atoms with Crippen LogP contribution in [0.25, 0.3) is 0 Å². The fourth-order valence-electron chi connectivity index (χ4n) is 1.13. The quantitative estimate of drug-likeness (QED) is 0.770. The molecule has 1 atom stereocenters. The molecule has 8 heteroatoms. The van der Waals surface area contributed by atoms with E-state index in [2.05, 4.69) is 10.0 Å².